The van der Waals surface area contributed by atoms with Crippen molar-refractivity contribution in [2.24, 2.45) is 0 Å². The van der Waals surface area contributed by atoms with Crippen LogP contribution in [0, 0.1) is 0 Å². The maximum absolute atomic E-state index is 12.2. The summed E-state index contributed by atoms with van der Waals surface area (Å²) in [5.41, 5.74) is 0.422. The first-order valence-electron chi connectivity index (χ1n) is 6.54. The van der Waals surface area contributed by atoms with Gasteiger partial charge in [0.1, 0.15) is 5.82 Å². The summed E-state index contributed by atoms with van der Waals surface area (Å²) in [4.78, 5) is 4.35. The number of sulfonamides is 1. The smallest absolute Gasteiger partial charge is 0.261 e. The van der Waals surface area contributed by atoms with Crippen molar-refractivity contribution in [1.82, 2.24) is 4.98 Å². The molecular formula is C14H14ClN3O2S. The fourth-order valence-corrected chi connectivity index (χ4v) is 2.97. The Morgan fingerprint density at radius 2 is 1.81 bits per heavy atom. The van der Waals surface area contributed by atoms with Crippen molar-refractivity contribution in [3.05, 3.63) is 47.6 Å². The number of hydrogen-bond donors (Lipinski definition) is 2. The van der Waals surface area contributed by atoms with Gasteiger partial charge < -0.3 is 5.32 Å². The molecule has 7 heteroatoms. The van der Waals surface area contributed by atoms with E-state index in [-0.39, 0.29) is 4.90 Å². The lowest BCUT2D eigenvalue weighted by Gasteiger charge is -2.09. The summed E-state index contributed by atoms with van der Waals surface area (Å²) in [6.45, 7) is 0. The van der Waals surface area contributed by atoms with Gasteiger partial charge in [0.2, 0.25) is 0 Å². The Hall–Kier alpha value is -1.79. The SMILES string of the molecule is O=S(=O)(Nc1ccc(NC2CC2)nc1)c1ccc(Cl)cc1. The maximum atomic E-state index is 12.2. The molecule has 1 aliphatic carbocycles. The molecular weight excluding hydrogens is 310 g/mol. The van der Waals surface area contributed by atoms with E-state index < -0.39 is 10.0 Å². The summed E-state index contributed by atoms with van der Waals surface area (Å²) in [6, 6.07) is 9.95. The van der Waals surface area contributed by atoms with Gasteiger partial charge in [0.25, 0.3) is 10.0 Å². The standard InChI is InChI=1S/C14H14ClN3O2S/c15-10-1-6-13(7-2-10)21(19,20)18-12-5-8-14(16-9-12)17-11-3-4-11/h1-2,5-9,11,18H,3-4H2,(H,16,17). The lowest BCUT2D eigenvalue weighted by Crippen LogP contribution is -2.13. The van der Waals surface area contributed by atoms with Crippen LogP contribution in [-0.4, -0.2) is 19.4 Å². The molecule has 0 unspecified atom stereocenters. The molecule has 3 rings (SSSR count). The number of anilines is 2. The van der Waals surface area contributed by atoms with Crippen LogP contribution in [0.5, 0.6) is 0 Å². The molecule has 1 aliphatic rings. The van der Waals surface area contributed by atoms with Crippen molar-refractivity contribution >= 4 is 33.1 Å². The number of nitrogens with zero attached hydrogens (tertiary/aromatic N) is 1. The largest absolute Gasteiger partial charge is 0.367 e. The Labute approximate surface area is 128 Å². The molecule has 1 fully saturated rings. The molecule has 0 spiro atoms. The molecule has 2 N–H and O–H groups in total. The Morgan fingerprint density at radius 3 is 2.38 bits per heavy atom. The molecule has 0 bridgehead atoms. The van der Waals surface area contributed by atoms with Crippen molar-refractivity contribution in [2.45, 2.75) is 23.8 Å². The van der Waals surface area contributed by atoms with Gasteiger partial charge in [-0.05, 0) is 49.2 Å². The Kier molecular flexibility index (Phi) is 3.73. The third-order valence-corrected chi connectivity index (χ3v) is 4.72. The molecule has 21 heavy (non-hydrogen) atoms. The van der Waals surface area contributed by atoms with Gasteiger partial charge in [-0.3, -0.25) is 4.72 Å². The van der Waals surface area contributed by atoms with Crippen molar-refractivity contribution in [3.63, 3.8) is 0 Å². The summed E-state index contributed by atoms with van der Waals surface area (Å²) in [7, 11) is -3.62. The Morgan fingerprint density at radius 1 is 1.10 bits per heavy atom. The van der Waals surface area contributed by atoms with Crippen LogP contribution in [-0.2, 0) is 10.0 Å². The van der Waals surface area contributed by atoms with Crippen molar-refractivity contribution < 1.29 is 8.42 Å². The molecule has 1 aromatic heterocycles. The lowest BCUT2D eigenvalue weighted by molar-refractivity contribution is 0.601. The highest BCUT2D eigenvalue weighted by atomic mass is 35.5. The Balaban J connectivity index is 1.73. The highest BCUT2D eigenvalue weighted by Gasteiger charge is 2.21. The summed E-state index contributed by atoms with van der Waals surface area (Å²) in [5, 5.41) is 3.73. The predicted octanol–water partition coefficient (Wildman–Crippen LogP) is 3.11. The van der Waals surface area contributed by atoms with Crippen LogP contribution in [0.15, 0.2) is 47.5 Å². The molecule has 0 saturated heterocycles. The number of pyridine rings is 1. The van der Waals surface area contributed by atoms with Crippen molar-refractivity contribution in [3.8, 4) is 0 Å². The summed E-state index contributed by atoms with van der Waals surface area (Å²) >= 11 is 5.75. The highest BCUT2D eigenvalue weighted by Crippen LogP contribution is 2.24. The highest BCUT2D eigenvalue weighted by molar-refractivity contribution is 7.92. The monoisotopic (exact) mass is 323 g/mol. The average molecular weight is 324 g/mol. The summed E-state index contributed by atoms with van der Waals surface area (Å²) in [6.07, 6.45) is 3.82. The number of benzene rings is 1. The van der Waals surface area contributed by atoms with Crippen LogP contribution >= 0.6 is 11.6 Å². The van der Waals surface area contributed by atoms with Gasteiger partial charge in [-0.2, -0.15) is 0 Å². The van der Waals surface area contributed by atoms with E-state index in [0.717, 1.165) is 18.7 Å². The molecule has 0 atom stereocenters. The summed E-state index contributed by atoms with van der Waals surface area (Å²) in [5.74, 6) is 0.756. The van der Waals surface area contributed by atoms with E-state index in [4.69, 9.17) is 11.6 Å². The van der Waals surface area contributed by atoms with Crippen LogP contribution in [0.2, 0.25) is 5.02 Å². The zero-order valence-corrected chi connectivity index (χ0v) is 12.7. The lowest BCUT2D eigenvalue weighted by atomic mass is 10.4. The minimum absolute atomic E-state index is 0.159. The molecule has 0 aliphatic heterocycles. The molecule has 1 heterocycles. The minimum Gasteiger partial charge on any atom is -0.367 e. The first-order valence-corrected chi connectivity index (χ1v) is 8.40. The number of aromatic nitrogens is 1. The molecule has 2 aromatic rings. The van der Waals surface area contributed by atoms with Gasteiger partial charge in [0.15, 0.2) is 0 Å². The number of rotatable bonds is 5. The van der Waals surface area contributed by atoms with Gasteiger partial charge in [-0.25, -0.2) is 13.4 Å². The minimum atomic E-state index is -3.62. The van der Waals surface area contributed by atoms with Gasteiger partial charge in [-0.15, -0.1) is 0 Å². The second-order valence-corrected chi connectivity index (χ2v) is 7.03. The van der Waals surface area contributed by atoms with Crippen molar-refractivity contribution in [1.29, 1.82) is 0 Å². The van der Waals surface area contributed by atoms with Crippen LogP contribution in [0.25, 0.3) is 0 Å². The van der Waals surface area contributed by atoms with E-state index >= 15 is 0 Å². The van der Waals surface area contributed by atoms with Crippen molar-refractivity contribution in [2.75, 3.05) is 10.0 Å². The van der Waals surface area contributed by atoms with Gasteiger partial charge in [-0.1, -0.05) is 11.6 Å². The maximum Gasteiger partial charge on any atom is 0.261 e. The molecule has 0 radical (unpaired) electrons. The number of halogens is 1. The van der Waals surface area contributed by atoms with Gasteiger partial charge >= 0.3 is 0 Å². The zero-order valence-electron chi connectivity index (χ0n) is 11.1. The topological polar surface area (TPSA) is 71.1 Å². The van der Waals surface area contributed by atoms with Crippen LogP contribution in [0.3, 0.4) is 0 Å². The molecule has 1 saturated carbocycles. The third kappa shape index (κ3) is 3.65. The molecule has 110 valence electrons. The molecule has 5 nitrogen and oxygen atoms in total. The average Bonchev–Trinajstić information content (AvgIpc) is 3.25. The number of nitrogens with one attached hydrogen (secondary N) is 2. The zero-order chi connectivity index (χ0) is 14.9. The second kappa shape index (κ2) is 5.54. The van der Waals surface area contributed by atoms with Crippen LogP contribution < -0.4 is 10.0 Å². The normalized spacial score (nSPS) is 14.7. The van der Waals surface area contributed by atoms with E-state index in [1.807, 2.05) is 0 Å². The van der Waals surface area contributed by atoms with Crippen LogP contribution in [0.4, 0.5) is 11.5 Å². The first-order chi connectivity index (χ1) is 10.0. The summed E-state index contributed by atoms with van der Waals surface area (Å²) < 4.78 is 26.9. The fourth-order valence-electron chi connectivity index (χ4n) is 1.80. The molecule has 1 aromatic carbocycles. The third-order valence-electron chi connectivity index (χ3n) is 3.07. The number of hydrogen-bond acceptors (Lipinski definition) is 4. The van der Waals surface area contributed by atoms with E-state index in [1.165, 1.54) is 30.5 Å². The Bertz CT molecular complexity index is 726. The fraction of sp³-hybridized carbons (Fsp3) is 0.214. The van der Waals surface area contributed by atoms with Gasteiger partial charge in [0, 0.05) is 11.1 Å². The van der Waals surface area contributed by atoms with E-state index in [1.54, 1.807) is 12.1 Å². The van der Waals surface area contributed by atoms with E-state index in [2.05, 4.69) is 15.0 Å². The van der Waals surface area contributed by atoms with Gasteiger partial charge in [0.05, 0.1) is 16.8 Å². The predicted molar refractivity (Wildman–Crippen MR) is 83.1 cm³/mol. The van der Waals surface area contributed by atoms with Crippen LogP contribution in [0.1, 0.15) is 12.8 Å². The second-order valence-electron chi connectivity index (χ2n) is 4.91. The first kappa shape index (κ1) is 14.2. The molecule has 0 amide bonds. The quantitative estimate of drug-likeness (QED) is 0.887. The van der Waals surface area contributed by atoms with E-state index in [9.17, 15) is 8.42 Å². The van der Waals surface area contributed by atoms with E-state index in [0.29, 0.717) is 16.8 Å².